The van der Waals surface area contributed by atoms with Crippen LogP contribution >= 0.6 is 0 Å². The van der Waals surface area contributed by atoms with Gasteiger partial charge in [-0.25, -0.2) is 4.52 Å². The Morgan fingerprint density at radius 1 is 0.821 bits per heavy atom. The first-order valence-electron chi connectivity index (χ1n) is 20.3. The summed E-state index contributed by atoms with van der Waals surface area (Å²) in [5.41, 5.74) is 20.3. The molecule has 278 valence electrons. The molecule has 5 aromatic rings. The number of nitrogens with two attached hydrogens (primary N) is 1. The van der Waals surface area contributed by atoms with Gasteiger partial charge in [0, 0.05) is 28.0 Å². The Bertz CT molecular complexity index is 2550. The Kier molecular flexibility index (Phi) is 10.2. The molecule has 3 aromatic carbocycles. The van der Waals surface area contributed by atoms with Crippen LogP contribution in [-0.2, 0) is 0 Å². The molecule has 0 bridgehead atoms. The third-order valence-electron chi connectivity index (χ3n) is 11.7. The molecule has 4 aliphatic rings. The van der Waals surface area contributed by atoms with Gasteiger partial charge in [-0.05, 0) is 90.7 Å². The van der Waals surface area contributed by atoms with Crippen LogP contribution in [0.5, 0.6) is 0 Å². The van der Waals surface area contributed by atoms with Gasteiger partial charge in [-0.3, -0.25) is 4.99 Å². The average Bonchev–Trinajstić information content (AvgIpc) is 3.72. The predicted molar refractivity (Wildman–Crippen MR) is 235 cm³/mol. The zero-order chi connectivity index (χ0) is 37.8. The highest BCUT2D eigenvalue weighted by molar-refractivity contribution is 6.09. The van der Waals surface area contributed by atoms with E-state index in [2.05, 4.69) is 157 Å². The second-order valence-corrected chi connectivity index (χ2v) is 15.3. The van der Waals surface area contributed by atoms with Crippen LogP contribution in [0.25, 0.3) is 38.7 Å². The van der Waals surface area contributed by atoms with E-state index in [-0.39, 0.29) is 12.2 Å². The minimum atomic E-state index is -0.337. The Labute approximate surface area is 330 Å². The van der Waals surface area contributed by atoms with Gasteiger partial charge in [0.15, 0.2) is 0 Å². The molecule has 9 rings (SSSR count). The SMILES string of the molecule is CC(/N=C(\NC(N)c1ccccc1)C1=CC=CCC1)C1=CCC(C2=CCCC(c3c(-c4ccccc4)n4ncc(C5=CC=CCC5)c4c4ccccc34)=C2)C=C1. The summed E-state index contributed by atoms with van der Waals surface area (Å²) in [5.74, 6) is 1.19. The zero-order valence-electron chi connectivity index (χ0n) is 32.1. The first-order chi connectivity index (χ1) is 27.6. The summed E-state index contributed by atoms with van der Waals surface area (Å²) in [6.07, 6.45) is 33.9. The average molecular weight is 732 g/mol. The number of aromatic nitrogens is 2. The topological polar surface area (TPSA) is 67.7 Å². The standard InChI is InChI=1S/C51H49N5/c1-35(54-51(41-23-12-5-13-24-41)55-50(52)40-21-10-4-11-22-40)36-29-31-37(32-30-36)42-25-16-26-43(33-42)47-44-27-14-15-28-45(44)49-46(38-17-6-2-7-18-38)34-53-56(49)48(47)39-19-8-3-9-20-39/h2-6,8-12,14-15,17,19-23,25,27-31,33-35,37,50H,7,13,16,18,24,26,32,52H2,1H3,(H,54,55). The molecule has 0 fully saturated rings. The maximum atomic E-state index is 6.66. The molecule has 2 heterocycles. The summed E-state index contributed by atoms with van der Waals surface area (Å²) < 4.78 is 2.23. The van der Waals surface area contributed by atoms with Crippen molar-refractivity contribution in [3.05, 3.63) is 191 Å². The zero-order valence-corrected chi connectivity index (χ0v) is 32.1. The van der Waals surface area contributed by atoms with E-state index in [0.29, 0.717) is 5.92 Å². The van der Waals surface area contributed by atoms with Crippen molar-refractivity contribution in [1.29, 1.82) is 0 Å². The van der Waals surface area contributed by atoms with E-state index >= 15 is 0 Å². The van der Waals surface area contributed by atoms with Gasteiger partial charge in [-0.2, -0.15) is 5.10 Å². The van der Waals surface area contributed by atoms with Crippen LogP contribution in [0.15, 0.2) is 180 Å². The summed E-state index contributed by atoms with van der Waals surface area (Å²) >= 11 is 0. The minimum Gasteiger partial charge on any atom is -0.351 e. The Morgan fingerprint density at radius 2 is 1.55 bits per heavy atom. The third kappa shape index (κ3) is 7.11. The van der Waals surface area contributed by atoms with Crippen molar-refractivity contribution in [2.45, 2.75) is 64.1 Å². The van der Waals surface area contributed by atoms with Crippen LogP contribution in [0.3, 0.4) is 0 Å². The van der Waals surface area contributed by atoms with Gasteiger partial charge >= 0.3 is 0 Å². The van der Waals surface area contributed by atoms with Gasteiger partial charge in [0.05, 0.1) is 23.4 Å². The van der Waals surface area contributed by atoms with Crippen molar-refractivity contribution < 1.29 is 0 Å². The molecule has 0 spiro atoms. The summed E-state index contributed by atoms with van der Waals surface area (Å²) in [7, 11) is 0. The maximum absolute atomic E-state index is 6.66. The van der Waals surface area contributed by atoms with Gasteiger partial charge < -0.3 is 11.1 Å². The number of hydrogen-bond acceptors (Lipinski definition) is 3. The molecule has 0 aliphatic heterocycles. The second kappa shape index (κ2) is 16.0. The molecule has 0 radical (unpaired) electrons. The van der Waals surface area contributed by atoms with E-state index in [4.69, 9.17) is 15.8 Å². The van der Waals surface area contributed by atoms with Crippen LogP contribution in [-0.4, -0.2) is 21.5 Å². The van der Waals surface area contributed by atoms with Gasteiger partial charge in [-0.1, -0.05) is 152 Å². The molecular weight excluding hydrogens is 683 g/mol. The van der Waals surface area contributed by atoms with Gasteiger partial charge in [0.25, 0.3) is 0 Å². The van der Waals surface area contributed by atoms with E-state index in [1.165, 1.54) is 60.8 Å². The van der Waals surface area contributed by atoms with Crippen LogP contribution in [0.1, 0.15) is 74.7 Å². The van der Waals surface area contributed by atoms with Gasteiger partial charge in [0.1, 0.15) is 12.0 Å². The lowest BCUT2D eigenvalue weighted by molar-refractivity contribution is 0.671. The summed E-state index contributed by atoms with van der Waals surface area (Å²) in [4.78, 5) is 5.26. The van der Waals surface area contributed by atoms with Gasteiger partial charge in [0.2, 0.25) is 0 Å². The molecule has 5 heteroatoms. The lowest BCUT2D eigenvalue weighted by Crippen LogP contribution is -2.36. The van der Waals surface area contributed by atoms with Crippen molar-refractivity contribution in [3.63, 3.8) is 0 Å². The molecule has 0 saturated heterocycles. The van der Waals surface area contributed by atoms with Crippen molar-refractivity contribution in [2.24, 2.45) is 16.6 Å². The highest BCUT2D eigenvalue weighted by Gasteiger charge is 2.25. The molecule has 3 unspecified atom stereocenters. The summed E-state index contributed by atoms with van der Waals surface area (Å²) in [6, 6.07) is 30.0. The molecular formula is C51H49N5. The van der Waals surface area contributed by atoms with Crippen molar-refractivity contribution in [3.8, 4) is 11.3 Å². The number of nitrogens with one attached hydrogen (secondary N) is 1. The fraction of sp³-hybridized carbons (Fsp3) is 0.216. The van der Waals surface area contributed by atoms with Crippen LogP contribution in [0, 0.1) is 5.92 Å². The number of amidine groups is 1. The predicted octanol–water partition coefficient (Wildman–Crippen LogP) is 11.8. The number of allylic oxidation sites excluding steroid dienone is 13. The lowest BCUT2D eigenvalue weighted by Gasteiger charge is -2.25. The van der Waals surface area contributed by atoms with Crippen LogP contribution in [0.2, 0.25) is 0 Å². The van der Waals surface area contributed by atoms with Crippen molar-refractivity contribution in [1.82, 2.24) is 14.9 Å². The fourth-order valence-electron chi connectivity index (χ4n) is 8.72. The number of benzene rings is 3. The van der Waals surface area contributed by atoms with E-state index < -0.39 is 0 Å². The number of pyridine rings is 1. The third-order valence-corrected chi connectivity index (χ3v) is 11.7. The highest BCUT2D eigenvalue weighted by Crippen LogP contribution is 2.44. The highest BCUT2D eigenvalue weighted by atomic mass is 15.2. The fourth-order valence-corrected chi connectivity index (χ4v) is 8.72. The normalized spacial score (nSPS) is 19.6. The molecule has 3 N–H and O–H groups in total. The first kappa shape index (κ1) is 35.6. The molecule has 5 nitrogen and oxygen atoms in total. The summed E-state index contributed by atoms with van der Waals surface area (Å²) in [6.45, 7) is 2.19. The molecule has 4 aliphatic carbocycles. The first-order valence-corrected chi connectivity index (χ1v) is 20.3. The Hall–Kier alpha value is -6.04. The number of fused-ring (bicyclic) bond motifs is 3. The van der Waals surface area contributed by atoms with E-state index in [1.54, 1.807) is 0 Å². The number of aliphatic imine (C=N–C) groups is 1. The smallest absolute Gasteiger partial charge is 0.126 e. The lowest BCUT2D eigenvalue weighted by atomic mass is 9.81. The van der Waals surface area contributed by atoms with Crippen LogP contribution in [0.4, 0.5) is 0 Å². The summed E-state index contributed by atoms with van der Waals surface area (Å²) in [5, 5.41) is 11.2. The van der Waals surface area contributed by atoms with Gasteiger partial charge in [-0.15, -0.1) is 0 Å². The van der Waals surface area contributed by atoms with Crippen LogP contribution < -0.4 is 11.1 Å². The Morgan fingerprint density at radius 3 is 2.29 bits per heavy atom. The van der Waals surface area contributed by atoms with Crippen molar-refractivity contribution >= 4 is 33.3 Å². The molecule has 0 amide bonds. The minimum absolute atomic E-state index is 0.0122. The number of rotatable bonds is 9. The molecule has 56 heavy (non-hydrogen) atoms. The number of hydrogen-bond donors (Lipinski definition) is 2. The van der Waals surface area contributed by atoms with Crippen molar-refractivity contribution in [2.75, 3.05) is 0 Å². The Balaban J connectivity index is 1.04. The molecule has 0 saturated carbocycles. The largest absolute Gasteiger partial charge is 0.351 e. The van der Waals surface area contributed by atoms with E-state index in [1.807, 2.05) is 18.2 Å². The maximum Gasteiger partial charge on any atom is 0.126 e. The van der Waals surface area contributed by atoms with E-state index in [0.717, 1.165) is 62.0 Å². The second-order valence-electron chi connectivity index (χ2n) is 15.3. The molecule has 2 aromatic heterocycles. The quantitative estimate of drug-likeness (QED) is 0.0901. The monoisotopic (exact) mass is 731 g/mol. The van der Waals surface area contributed by atoms with E-state index in [9.17, 15) is 0 Å². The molecule has 3 atom stereocenters. The number of nitrogens with zero attached hydrogens (tertiary/aromatic N) is 3.